The van der Waals surface area contributed by atoms with Gasteiger partial charge < -0.3 is 50.4 Å². The van der Waals surface area contributed by atoms with Crippen LogP contribution < -0.4 is 21.3 Å². The molecule has 4 atom stereocenters. The number of ether oxygens (including phenoxy) is 4. The van der Waals surface area contributed by atoms with E-state index in [0.717, 1.165) is 39.0 Å². The number of rotatable bonds is 4. The van der Waals surface area contributed by atoms with Crippen LogP contribution in [0.5, 0.6) is 0 Å². The van der Waals surface area contributed by atoms with Crippen molar-refractivity contribution in [1.82, 2.24) is 21.3 Å². The second-order valence-corrected chi connectivity index (χ2v) is 10.6. The summed E-state index contributed by atoms with van der Waals surface area (Å²) >= 11 is 0. The van der Waals surface area contributed by atoms with Crippen LogP contribution in [-0.4, -0.2) is 110 Å². The summed E-state index contributed by atoms with van der Waals surface area (Å²) in [6.07, 6.45) is 1.00. The third kappa shape index (κ3) is 16.9. The topological polar surface area (TPSA) is 194 Å². The van der Waals surface area contributed by atoms with Crippen molar-refractivity contribution in [2.75, 3.05) is 40.4 Å². The lowest BCUT2D eigenvalue weighted by Crippen LogP contribution is -2.54. The molecule has 0 bridgehead atoms. The van der Waals surface area contributed by atoms with Crippen molar-refractivity contribution in [3.05, 3.63) is 0 Å². The van der Waals surface area contributed by atoms with Crippen LogP contribution in [0.1, 0.15) is 54.4 Å². The summed E-state index contributed by atoms with van der Waals surface area (Å²) in [6, 6.07) is 0.0576. The fourth-order valence-electron chi connectivity index (χ4n) is 3.40. The maximum Gasteiger partial charge on any atom is 0.414 e. The minimum Gasteiger partial charge on any atom is -0.473 e. The van der Waals surface area contributed by atoms with E-state index in [-0.39, 0.29) is 36.5 Å². The molecule has 0 aromatic rings. The molecule has 0 radical (unpaired) electrons. The van der Waals surface area contributed by atoms with Crippen molar-refractivity contribution in [3.63, 3.8) is 0 Å². The van der Waals surface area contributed by atoms with Crippen molar-refractivity contribution in [2.45, 2.75) is 89.9 Å². The van der Waals surface area contributed by atoms with Crippen molar-refractivity contribution in [2.24, 2.45) is 0 Å². The zero-order valence-electron chi connectivity index (χ0n) is 23.7. The zero-order chi connectivity index (χ0) is 29.5. The molecular formula is C24H46N4O10. The number of hydrogen-bond donors (Lipinski definition) is 6. The van der Waals surface area contributed by atoms with Crippen LogP contribution in [0, 0.1) is 0 Å². The maximum atomic E-state index is 11.6. The van der Waals surface area contributed by atoms with E-state index in [0.29, 0.717) is 0 Å². The van der Waals surface area contributed by atoms with Gasteiger partial charge in [0.25, 0.3) is 0 Å². The van der Waals surface area contributed by atoms with Gasteiger partial charge in [-0.15, -0.1) is 0 Å². The van der Waals surface area contributed by atoms with Crippen LogP contribution in [0.2, 0.25) is 0 Å². The van der Waals surface area contributed by atoms with Crippen LogP contribution in [-0.2, 0) is 28.5 Å². The Hall–Kier alpha value is -2.68. The van der Waals surface area contributed by atoms with E-state index in [2.05, 4.69) is 21.3 Å². The number of methoxy groups -OCH3 is 2. The number of carbonyl (C=O) groups is 4. The van der Waals surface area contributed by atoms with E-state index < -0.39 is 23.1 Å². The molecule has 0 aliphatic carbocycles. The van der Waals surface area contributed by atoms with Crippen molar-refractivity contribution in [3.8, 4) is 0 Å². The molecule has 0 aromatic heterocycles. The van der Waals surface area contributed by atoms with Gasteiger partial charge in [0.2, 0.25) is 0 Å². The number of piperidine rings is 2. The highest BCUT2D eigenvalue weighted by molar-refractivity contribution is 6.27. The first-order valence-corrected chi connectivity index (χ1v) is 12.4. The molecule has 2 amide bonds. The van der Waals surface area contributed by atoms with Gasteiger partial charge in [-0.05, 0) is 67.5 Å². The number of carboxylic acids is 2. The van der Waals surface area contributed by atoms with E-state index in [1.165, 1.54) is 0 Å². The van der Waals surface area contributed by atoms with Gasteiger partial charge in [0.15, 0.2) is 0 Å². The molecule has 2 fully saturated rings. The van der Waals surface area contributed by atoms with Crippen LogP contribution >= 0.6 is 0 Å². The van der Waals surface area contributed by atoms with Gasteiger partial charge in [-0.2, -0.15) is 0 Å². The Labute approximate surface area is 224 Å². The summed E-state index contributed by atoms with van der Waals surface area (Å²) in [5.74, 6) is -3.65. The first kappa shape index (κ1) is 35.3. The molecule has 38 heavy (non-hydrogen) atoms. The van der Waals surface area contributed by atoms with E-state index in [9.17, 15) is 9.59 Å². The van der Waals surface area contributed by atoms with Gasteiger partial charge in [0.05, 0.1) is 24.3 Å². The molecule has 0 aromatic carbocycles. The largest absolute Gasteiger partial charge is 0.473 e. The van der Waals surface area contributed by atoms with Crippen LogP contribution in [0.4, 0.5) is 9.59 Å². The number of carboxylic acid groups (broad SMARTS) is 2. The highest BCUT2D eigenvalue weighted by Crippen LogP contribution is 2.12. The van der Waals surface area contributed by atoms with E-state index >= 15 is 0 Å². The highest BCUT2D eigenvalue weighted by Gasteiger charge is 2.29. The lowest BCUT2D eigenvalue weighted by Gasteiger charge is -2.32. The number of nitrogens with one attached hydrogen (secondary N) is 4. The molecule has 14 heteroatoms. The smallest absolute Gasteiger partial charge is 0.414 e. The van der Waals surface area contributed by atoms with Crippen molar-refractivity contribution < 1.29 is 48.3 Å². The Morgan fingerprint density at radius 3 is 1.24 bits per heavy atom. The molecule has 222 valence electrons. The van der Waals surface area contributed by atoms with Gasteiger partial charge in [0, 0.05) is 27.3 Å². The third-order valence-corrected chi connectivity index (χ3v) is 5.05. The second-order valence-electron chi connectivity index (χ2n) is 10.6. The maximum absolute atomic E-state index is 11.6. The minimum atomic E-state index is -1.82. The summed E-state index contributed by atoms with van der Waals surface area (Å²) < 4.78 is 21.0. The fourth-order valence-corrected chi connectivity index (χ4v) is 3.40. The number of amides is 2. The van der Waals surface area contributed by atoms with Gasteiger partial charge >= 0.3 is 24.1 Å². The first-order valence-electron chi connectivity index (χ1n) is 12.4. The van der Waals surface area contributed by atoms with Gasteiger partial charge in [0.1, 0.15) is 11.2 Å². The molecule has 0 unspecified atom stereocenters. The molecule has 0 saturated carbocycles. The molecule has 2 rings (SSSR count). The monoisotopic (exact) mass is 550 g/mol. The summed E-state index contributed by atoms with van der Waals surface area (Å²) in [4.78, 5) is 41.4. The molecule has 6 N–H and O–H groups in total. The molecule has 0 spiro atoms. The van der Waals surface area contributed by atoms with Crippen LogP contribution in [0.3, 0.4) is 0 Å². The molecule has 14 nitrogen and oxygen atoms in total. The Bertz CT molecular complexity index is 689. The summed E-state index contributed by atoms with van der Waals surface area (Å²) in [5.41, 5.74) is -0.918. The number of alkyl carbamates (subject to hydrolysis) is 2. The normalized spacial score (nSPS) is 23.3. The number of carbonyl (C=O) groups excluding carboxylic acids is 2. The molecular weight excluding hydrogens is 504 g/mol. The lowest BCUT2D eigenvalue weighted by molar-refractivity contribution is -0.159. The molecule has 2 heterocycles. The summed E-state index contributed by atoms with van der Waals surface area (Å²) in [6.45, 7) is 14.4. The Kier molecular flexibility index (Phi) is 15.8. The predicted octanol–water partition coefficient (Wildman–Crippen LogP) is 0.932. The number of aliphatic carboxylic acids is 2. The van der Waals surface area contributed by atoms with E-state index in [1.807, 2.05) is 41.5 Å². The first-order chi connectivity index (χ1) is 17.5. The fraction of sp³-hybridized carbons (Fsp3) is 0.833. The second kappa shape index (κ2) is 17.0. The average molecular weight is 551 g/mol. The van der Waals surface area contributed by atoms with Crippen LogP contribution in [0.25, 0.3) is 0 Å². The Balaban J connectivity index is 0.000000596. The Morgan fingerprint density at radius 1 is 0.684 bits per heavy atom. The SMILES string of the molecule is CO[C@H]1CNCC[C@@H]1NC(=O)OC(C)(C)C.CO[C@H]1CNCC[C@@H]1NC(=O)OC(C)(C)C.O=C(O)C(=O)O. The van der Waals surface area contributed by atoms with Gasteiger partial charge in [-0.25, -0.2) is 19.2 Å². The lowest BCUT2D eigenvalue weighted by atomic mass is 10.0. The third-order valence-electron chi connectivity index (χ3n) is 5.05. The van der Waals surface area contributed by atoms with E-state index in [4.69, 9.17) is 38.7 Å². The number of hydrogen-bond acceptors (Lipinski definition) is 10. The van der Waals surface area contributed by atoms with Gasteiger partial charge in [-0.3, -0.25) is 0 Å². The predicted molar refractivity (Wildman–Crippen MR) is 138 cm³/mol. The minimum absolute atomic E-state index is 0.0151. The zero-order valence-corrected chi connectivity index (χ0v) is 23.7. The quantitative estimate of drug-likeness (QED) is 0.272. The molecule has 2 aliphatic heterocycles. The Morgan fingerprint density at radius 2 is 1.00 bits per heavy atom. The van der Waals surface area contributed by atoms with Gasteiger partial charge in [-0.1, -0.05) is 0 Å². The molecule has 2 aliphatic rings. The standard InChI is InChI=1S/2C11H22N2O3.C2H2O4/c2*1-11(2,3)16-10(14)13-8-5-6-12-7-9(8)15-4;3-1(4)2(5)6/h2*8-9,12H,5-7H2,1-4H3,(H,13,14);(H,3,4)(H,5,6)/t2*8-,9-;/m00./s1. The van der Waals surface area contributed by atoms with Crippen molar-refractivity contribution in [1.29, 1.82) is 0 Å². The van der Waals surface area contributed by atoms with E-state index in [1.54, 1.807) is 14.2 Å². The van der Waals surface area contributed by atoms with Crippen molar-refractivity contribution >= 4 is 24.1 Å². The summed E-state index contributed by atoms with van der Waals surface area (Å²) in [7, 11) is 3.31. The average Bonchev–Trinajstić information content (AvgIpc) is 2.78. The highest BCUT2D eigenvalue weighted by atomic mass is 16.6. The summed E-state index contributed by atoms with van der Waals surface area (Å²) in [5, 5.41) is 26.9. The molecule has 2 saturated heterocycles. The van der Waals surface area contributed by atoms with Crippen LogP contribution in [0.15, 0.2) is 0 Å².